The van der Waals surface area contributed by atoms with Crippen LogP contribution in [0.15, 0.2) is 22.7 Å². The topological polar surface area (TPSA) is 64.4 Å². The van der Waals surface area contributed by atoms with Gasteiger partial charge in [-0.25, -0.2) is 0 Å². The minimum Gasteiger partial charge on any atom is -0.377 e. The molecule has 0 aromatic heterocycles. The van der Waals surface area contributed by atoms with Gasteiger partial charge in [-0.1, -0.05) is 26.0 Å². The Morgan fingerprint density at radius 1 is 1.48 bits per heavy atom. The van der Waals surface area contributed by atoms with Gasteiger partial charge < -0.3 is 15.8 Å². The quantitative estimate of drug-likeness (QED) is 0.859. The van der Waals surface area contributed by atoms with E-state index in [0.717, 1.165) is 22.1 Å². The molecule has 2 aliphatic rings. The van der Waals surface area contributed by atoms with Crippen LogP contribution in [0.3, 0.4) is 0 Å². The molecule has 1 amide bonds. The molecular weight excluding hydrogens is 332 g/mol. The van der Waals surface area contributed by atoms with Crippen molar-refractivity contribution in [3.05, 3.63) is 28.2 Å². The lowest BCUT2D eigenvalue weighted by atomic mass is 9.48. The first-order chi connectivity index (χ1) is 9.80. The first-order valence-electron chi connectivity index (χ1n) is 7.27. The molecule has 1 aromatic rings. The van der Waals surface area contributed by atoms with Gasteiger partial charge in [-0.3, -0.25) is 4.79 Å². The number of carbonyl (C=O) groups is 1. The molecule has 4 nitrogen and oxygen atoms in total. The fourth-order valence-corrected chi connectivity index (χ4v) is 4.18. The van der Waals surface area contributed by atoms with E-state index in [9.17, 15) is 4.79 Å². The van der Waals surface area contributed by atoms with Crippen LogP contribution >= 0.6 is 15.9 Å². The van der Waals surface area contributed by atoms with Gasteiger partial charge in [0, 0.05) is 22.4 Å². The van der Waals surface area contributed by atoms with Crippen molar-refractivity contribution in [2.24, 2.45) is 17.1 Å². The summed E-state index contributed by atoms with van der Waals surface area (Å²) in [5.41, 5.74) is 7.15. The molecule has 2 fully saturated rings. The summed E-state index contributed by atoms with van der Waals surface area (Å²) in [6.45, 7) is 6.72. The van der Waals surface area contributed by atoms with Gasteiger partial charge in [0.15, 0.2) is 0 Å². The van der Waals surface area contributed by atoms with Crippen LogP contribution in [0.1, 0.15) is 25.8 Å². The van der Waals surface area contributed by atoms with E-state index >= 15 is 0 Å². The van der Waals surface area contributed by atoms with Crippen molar-refractivity contribution in [1.29, 1.82) is 0 Å². The van der Waals surface area contributed by atoms with Gasteiger partial charge in [0.2, 0.25) is 5.91 Å². The van der Waals surface area contributed by atoms with E-state index < -0.39 is 5.54 Å². The molecule has 21 heavy (non-hydrogen) atoms. The monoisotopic (exact) mass is 352 g/mol. The summed E-state index contributed by atoms with van der Waals surface area (Å²) in [4.78, 5) is 12.8. The minimum atomic E-state index is -0.878. The molecule has 1 saturated carbocycles. The number of hydrogen-bond donors (Lipinski definition) is 2. The molecule has 5 heteroatoms. The predicted molar refractivity (Wildman–Crippen MR) is 86.1 cm³/mol. The number of carbonyl (C=O) groups excluding carboxylic acids is 1. The van der Waals surface area contributed by atoms with E-state index in [-0.39, 0.29) is 23.3 Å². The maximum absolute atomic E-state index is 12.8. The second-order valence-corrected chi connectivity index (χ2v) is 7.46. The van der Waals surface area contributed by atoms with Crippen LogP contribution in [0.2, 0.25) is 0 Å². The molecule has 3 unspecified atom stereocenters. The van der Waals surface area contributed by atoms with Crippen molar-refractivity contribution in [2.45, 2.75) is 38.8 Å². The maximum Gasteiger partial charge on any atom is 0.245 e. The standard InChI is InChI=1S/C16H21BrN2O2/c1-9-5-4-6-11(12(9)17)19-14(20)16(18)10-7-8-21-13(10)15(16,2)3/h4-6,10,13H,7-8,18H2,1-3H3,(H,19,20). The smallest absolute Gasteiger partial charge is 0.245 e. The summed E-state index contributed by atoms with van der Waals surface area (Å²) in [6.07, 6.45) is 0.946. The third kappa shape index (κ3) is 1.91. The zero-order chi connectivity index (χ0) is 15.4. The minimum absolute atomic E-state index is 0.0919. The molecule has 3 N–H and O–H groups in total. The summed E-state index contributed by atoms with van der Waals surface area (Å²) in [5, 5.41) is 3.00. The van der Waals surface area contributed by atoms with Crippen LogP contribution in [-0.2, 0) is 9.53 Å². The number of anilines is 1. The van der Waals surface area contributed by atoms with E-state index in [0.29, 0.717) is 6.61 Å². The molecule has 0 bridgehead atoms. The van der Waals surface area contributed by atoms with Crippen molar-refractivity contribution in [1.82, 2.24) is 0 Å². The van der Waals surface area contributed by atoms with Gasteiger partial charge in [-0.05, 0) is 40.9 Å². The van der Waals surface area contributed by atoms with Crippen LogP contribution in [0, 0.1) is 18.3 Å². The Kier molecular flexibility index (Phi) is 3.43. The molecule has 1 aliphatic heterocycles. The van der Waals surface area contributed by atoms with Crippen LogP contribution in [-0.4, -0.2) is 24.2 Å². The number of benzene rings is 1. The van der Waals surface area contributed by atoms with Crippen molar-refractivity contribution >= 4 is 27.5 Å². The number of nitrogens with one attached hydrogen (secondary N) is 1. The van der Waals surface area contributed by atoms with Gasteiger partial charge in [-0.15, -0.1) is 0 Å². The van der Waals surface area contributed by atoms with Crippen LogP contribution in [0.4, 0.5) is 5.69 Å². The van der Waals surface area contributed by atoms with Gasteiger partial charge in [0.05, 0.1) is 11.8 Å². The van der Waals surface area contributed by atoms with Crippen molar-refractivity contribution in [2.75, 3.05) is 11.9 Å². The second-order valence-electron chi connectivity index (χ2n) is 6.67. The van der Waals surface area contributed by atoms with Crippen molar-refractivity contribution in [3.63, 3.8) is 0 Å². The Bertz CT molecular complexity index is 602. The van der Waals surface area contributed by atoms with Gasteiger partial charge in [0.25, 0.3) is 0 Å². The van der Waals surface area contributed by atoms with E-state index in [4.69, 9.17) is 10.5 Å². The zero-order valence-corrected chi connectivity index (χ0v) is 14.2. The SMILES string of the molecule is Cc1cccc(NC(=O)C2(N)C3CCOC3C2(C)C)c1Br. The Hall–Kier alpha value is -0.910. The fraction of sp³-hybridized carbons (Fsp3) is 0.562. The Morgan fingerprint density at radius 3 is 2.90 bits per heavy atom. The molecule has 1 aromatic carbocycles. The summed E-state index contributed by atoms with van der Waals surface area (Å²) < 4.78 is 6.64. The largest absolute Gasteiger partial charge is 0.377 e. The predicted octanol–water partition coefficient (Wildman–Crippen LogP) is 2.84. The van der Waals surface area contributed by atoms with E-state index in [1.165, 1.54) is 0 Å². The average Bonchev–Trinajstić information content (AvgIpc) is 2.91. The summed E-state index contributed by atoms with van der Waals surface area (Å²) >= 11 is 3.52. The van der Waals surface area contributed by atoms with Gasteiger partial charge in [-0.2, -0.15) is 0 Å². The van der Waals surface area contributed by atoms with Gasteiger partial charge >= 0.3 is 0 Å². The fourth-order valence-electron chi connectivity index (χ4n) is 3.81. The maximum atomic E-state index is 12.8. The van der Waals surface area contributed by atoms with Crippen molar-refractivity contribution < 1.29 is 9.53 Å². The van der Waals surface area contributed by atoms with E-state index in [2.05, 4.69) is 21.2 Å². The number of rotatable bonds is 2. The molecule has 3 atom stereocenters. The number of aryl methyl sites for hydroxylation is 1. The average molecular weight is 353 g/mol. The lowest BCUT2D eigenvalue weighted by Gasteiger charge is -2.60. The summed E-state index contributed by atoms with van der Waals surface area (Å²) in [6, 6.07) is 5.80. The first kappa shape index (κ1) is 15.0. The molecule has 0 radical (unpaired) electrons. The Balaban J connectivity index is 1.87. The molecule has 1 saturated heterocycles. The highest BCUT2D eigenvalue weighted by molar-refractivity contribution is 9.10. The number of hydrogen-bond acceptors (Lipinski definition) is 3. The van der Waals surface area contributed by atoms with Gasteiger partial charge in [0.1, 0.15) is 5.54 Å². The highest BCUT2D eigenvalue weighted by Gasteiger charge is 2.71. The molecule has 1 aliphatic carbocycles. The normalized spacial score (nSPS) is 33.2. The number of fused-ring (bicyclic) bond motifs is 1. The summed E-state index contributed by atoms with van der Waals surface area (Å²) in [7, 11) is 0. The molecule has 3 rings (SSSR count). The Morgan fingerprint density at radius 2 is 2.19 bits per heavy atom. The number of amides is 1. The zero-order valence-electron chi connectivity index (χ0n) is 12.6. The number of halogens is 1. The van der Waals surface area contributed by atoms with E-state index in [1.54, 1.807) is 0 Å². The highest BCUT2D eigenvalue weighted by atomic mass is 79.9. The van der Waals surface area contributed by atoms with E-state index in [1.807, 2.05) is 39.0 Å². The molecule has 114 valence electrons. The van der Waals surface area contributed by atoms with Crippen LogP contribution in [0.5, 0.6) is 0 Å². The summed E-state index contributed by atoms with van der Waals surface area (Å²) in [5.74, 6) is -0.0124. The molecule has 1 heterocycles. The van der Waals surface area contributed by atoms with Crippen molar-refractivity contribution in [3.8, 4) is 0 Å². The highest BCUT2D eigenvalue weighted by Crippen LogP contribution is 2.58. The number of nitrogens with two attached hydrogens (primary N) is 1. The third-order valence-corrected chi connectivity index (χ3v) is 6.32. The second kappa shape index (κ2) is 4.80. The third-order valence-electron chi connectivity index (χ3n) is 5.27. The molecule has 0 spiro atoms. The lowest BCUT2D eigenvalue weighted by molar-refractivity contribution is -0.170. The van der Waals surface area contributed by atoms with Crippen LogP contribution in [0.25, 0.3) is 0 Å². The Labute approximate surface area is 133 Å². The molecular formula is C16H21BrN2O2. The first-order valence-corrected chi connectivity index (χ1v) is 8.06. The number of ether oxygens (including phenoxy) is 1. The lowest BCUT2D eigenvalue weighted by Crippen LogP contribution is -2.79. The van der Waals surface area contributed by atoms with Crippen LogP contribution < -0.4 is 11.1 Å².